The van der Waals surface area contributed by atoms with Gasteiger partial charge in [0.1, 0.15) is 12.6 Å². The summed E-state index contributed by atoms with van der Waals surface area (Å²) >= 11 is 5.87. The minimum absolute atomic E-state index is 0.247. The number of nitrogens with one attached hydrogen (secondary N) is 1. The van der Waals surface area contributed by atoms with Gasteiger partial charge < -0.3 is 5.32 Å². The van der Waals surface area contributed by atoms with Gasteiger partial charge in [-0.05, 0) is 30.3 Å². The van der Waals surface area contributed by atoms with Gasteiger partial charge in [0.15, 0.2) is 0 Å². The zero-order valence-corrected chi connectivity index (χ0v) is 13.0. The average Bonchev–Trinajstić information content (AvgIpc) is 2.80. The normalized spacial score (nSPS) is 12.8. The van der Waals surface area contributed by atoms with Gasteiger partial charge >= 0.3 is 0 Å². The van der Waals surface area contributed by atoms with Gasteiger partial charge in [0.2, 0.25) is 5.91 Å². The number of nitrogens with zero attached hydrogens (tertiary/aromatic N) is 2. The smallest absolute Gasteiger partial charge is 0.299 e. The van der Waals surface area contributed by atoms with E-state index in [1.165, 1.54) is 24.3 Å². The lowest BCUT2D eigenvalue weighted by Gasteiger charge is -2.16. The Morgan fingerprint density at radius 3 is 2.71 bits per heavy atom. The molecule has 0 saturated heterocycles. The molecule has 1 aliphatic rings. The lowest BCUT2D eigenvalue weighted by molar-refractivity contribution is -0.118. The minimum atomic E-state index is -0.752. The molecule has 0 atom stereocenters. The number of para-hydroxylation sites is 1. The van der Waals surface area contributed by atoms with Crippen LogP contribution in [0.15, 0.2) is 42.5 Å². The van der Waals surface area contributed by atoms with Crippen LogP contribution in [-0.4, -0.2) is 24.1 Å². The molecule has 0 aromatic heterocycles. The molecule has 1 heterocycles. The standard InChI is InChI=1S/C17H10ClN3O3/c18-11-6-5-10(8-19)13(7-11)20-15(22)9-21-14-4-2-1-3-12(14)16(23)17(21)24/h1-7H,9H2,(H,20,22). The van der Waals surface area contributed by atoms with Crippen LogP contribution in [0, 0.1) is 11.3 Å². The number of halogens is 1. The first-order valence-corrected chi connectivity index (χ1v) is 7.34. The number of Topliss-reactive ketones (excluding diaryl/α,β-unsaturated/α-hetero) is 1. The third-order valence-electron chi connectivity index (χ3n) is 3.56. The fraction of sp³-hybridized carbons (Fsp3) is 0.0588. The molecule has 1 aliphatic heterocycles. The van der Waals surface area contributed by atoms with Crippen LogP contribution in [0.25, 0.3) is 0 Å². The van der Waals surface area contributed by atoms with Crippen LogP contribution in [0.1, 0.15) is 15.9 Å². The van der Waals surface area contributed by atoms with Gasteiger partial charge in [0, 0.05) is 5.02 Å². The number of anilines is 2. The molecule has 0 spiro atoms. The number of hydrogen-bond donors (Lipinski definition) is 1. The molecular weight excluding hydrogens is 330 g/mol. The fourth-order valence-electron chi connectivity index (χ4n) is 2.46. The maximum atomic E-state index is 12.2. The van der Waals surface area contributed by atoms with Crippen molar-refractivity contribution in [2.24, 2.45) is 0 Å². The molecule has 7 heteroatoms. The molecule has 0 bridgehead atoms. The van der Waals surface area contributed by atoms with E-state index < -0.39 is 17.6 Å². The van der Waals surface area contributed by atoms with Crippen molar-refractivity contribution in [2.45, 2.75) is 0 Å². The van der Waals surface area contributed by atoms with Crippen LogP contribution in [0.3, 0.4) is 0 Å². The lowest BCUT2D eigenvalue weighted by atomic mass is 10.1. The topological polar surface area (TPSA) is 90.3 Å². The van der Waals surface area contributed by atoms with Crippen molar-refractivity contribution in [3.8, 4) is 6.07 Å². The van der Waals surface area contributed by atoms with Crippen molar-refractivity contribution in [3.63, 3.8) is 0 Å². The number of carbonyl (C=O) groups is 3. The van der Waals surface area contributed by atoms with E-state index in [1.54, 1.807) is 18.2 Å². The summed E-state index contributed by atoms with van der Waals surface area (Å²) in [6.07, 6.45) is 0. The fourth-order valence-corrected chi connectivity index (χ4v) is 2.63. The van der Waals surface area contributed by atoms with Crippen molar-refractivity contribution in [3.05, 3.63) is 58.6 Å². The van der Waals surface area contributed by atoms with Gasteiger partial charge in [-0.3, -0.25) is 19.3 Å². The zero-order chi connectivity index (χ0) is 17.3. The Labute approximate surface area is 142 Å². The number of rotatable bonds is 3. The van der Waals surface area contributed by atoms with E-state index in [1.807, 2.05) is 6.07 Å². The van der Waals surface area contributed by atoms with Crippen molar-refractivity contribution < 1.29 is 14.4 Å². The highest BCUT2D eigenvalue weighted by Gasteiger charge is 2.36. The highest BCUT2D eigenvalue weighted by atomic mass is 35.5. The molecule has 2 aromatic rings. The number of ketones is 1. The molecule has 6 nitrogen and oxygen atoms in total. The Balaban J connectivity index is 1.82. The molecule has 0 saturated carbocycles. The Hall–Kier alpha value is -3.17. The number of amides is 2. The number of nitriles is 1. The van der Waals surface area contributed by atoms with E-state index in [-0.39, 0.29) is 23.4 Å². The quantitative estimate of drug-likeness (QED) is 0.869. The number of hydrogen-bond acceptors (Lipinski definition) is 4. The van der Waals surface area contributed by atoms with Gasteiger partial charge in [0.25, 0.3) is 11.7 Å². The van der Waals surface area contributed by atoms with E-state index in [2.05, 4.69) is 5.32 Å². The summed E-state index contributed by atoms with van der Waals surface area (Å²) in [4.78, 5) is 37.3. The summed E-state index contributed by atoms with van der Waals surface area (Å²) < 4.78 is 0. The van der Waals surface area contributed by atoms with Crippen LogP contribution < -0.4 is 10.2 Å². The second-order valence-electron chi connectivity index (χ2n) is 5.09. The summed E-state index contributed by atoms with van der Waals surface area (Å²) in [6, 6.07) is 12.9. The molecule has 118 valence electrons. The lowest BCUT2D eigenvalue weighted by Crippen LogP contribution is -2.37. The highest BCUT2D eigenvalue weighted by molar-refractivity contribution is 6.52. The van der Waals surface area contributed by atoms with Crippen molar-refractivity contribution in [2.75, 3.05) is 16.8 Å². The summed E-state index contributed by atoms with van der Waals surface area (Å²) in [5, 5.41) is 12.0. The first kappa shape index (κ1) is 15.7. The first-order chi connectivity index (χ1) is 11.5. The summed E-state index contributed by atoms with van der Waals surface area (Å²) in [5.41, 5.74) is 1.17. The van der Waals surface area contributed by atoms with Gasteiger partial charge in [-0.15, -0.1) is 0 Å². The second-order valence-corrected chi connectivity index (χ2v) is 5.52. The number of benzene rings is 2. The van der Waals surface area contributed by atoms with E-state index in [4.69, 9.17) is 16.9 Å². The van der Waals surface area contributed by atoms with E-state index in [0.717, 1.165) is 4.90 Å². The van der Waals surface area contributed by atoms with Crippen LogP contribution in [0.2, 0.25) is 5.02 Å². The summed E-state index contributed by atoms with van der Waals surface area (Å²) in [6.45, 7) is -0.334. The van der Waals surface area contributed by atoms with E-state index >= 15 is 0 Å². The monoisotopic (exact) mass is 339 g/mol. The van der Waals surface area contributed by atoms with Crippen LogP contribution >= 0.6 is 11.6 Å². The molecule has 2 amide bonds. The minimum Gasteiger partial charge on any atom is -0.323 e. The van der Waals surface area contributed by atoms with Crippen LogP contribution in [0.4, 0.5) is 11.4 Å². The first-order valence-electron chi connectivity index (χ1n) is 6.96. The summed E-state index contributed by atoms with van der Waals surface area (Å²) in [5.74, 6) is -1.93. The van der Waals surface area contributed by atoms with Crippen molar-refractivity contribution in [1.29, 1.82) is 5.26 Å². The van der Waals surface area contributed by atoms with Gasteiger partial charge in [0.05, 0.1) is 22.5 Å². The molecule has 1 N–H and O–H groups in total. The highest BCUT2D eigenvalue weighted by Crippen LogP contribution is 2.28. The Morgan fingerprint density at radius 1 is 1.21 bits per heavy atom. The van der Waals surface area contributed by atoms with Gasteiger partial charge in [-0.25, -0.2) is 0 Å². The Morgan fingerprint density at radius 2 is 1.96 bits per heavy atom. The largest absolute Gasteiger partial charge is 0.323 e. The predicted molar refractivity (Wildman–Crippen MR) is 87.9 cm³/mol. The zero-order valence-electron chi connectivity index (χ0n) is 12.2. The van der Waals surface area contributed by atoms with Crippen molar-refractivity contribution >= 4 is 40.6 Å². The number of fused-ring (bicyclic) bond motifs is 1. The molecule has 0 unspecified atom stereocenters. The maximum Gasteiger partial charge on any atom is 0.299 e. The van der Waals surface area contributed by atoms with Gasteiger partial charge in [-0.1, -0.05) is 23.7 Å². The molecule has 24 heavy (non-hydrogen) atoms. The van der Waals surface area contributed by atoms with Crippen molar-refractivity contribution in [1.82, 2.24) is 0 Å². The third kappa shape index (κ3) is 2.73. The summed E-state index contributed by atoms with van der Waals surface area (Å²) in [7, 11) is 0. The molecule has 0 aliphatic carbocycles. The van der Waals surface area contributed by atoms with E-state index in [9.17, 15) is 14.4 Å². The van der Waals surface area contributed by atoms with E-state index in [0.29, 0.717) is 10.7 Å². The molecule has 0 radical (unpaired) electrons. The van der Waals surface area contributed by atoms with Gasteiger partial charge in [-0.2, -0.15) is 5.26 Å². The Bertz CT molecular complexity index is 918. The average molecular weight is 340 g/mol. The molecular formula is C17H10ClN3O3. The maximum absolute atomic E-state index is 12.2. The molecule has 0 fully saturated rings. The second kappa shape index (κ2) is 6.14. The predicted octanol–water partition coefficient (Wildman–Crippen LogP) is 2.38. The number of carbonyl (C=O) groups excluding carboxylic acids is 3. The third-order valence-corrected chi connectivity index (χ3v) is 3.79. The van der Waals surface area contributed by atoms with Crippen LogP contribution in [0.5, 0.6) is 0 Å². The SMILES string of the molecule is N#Cc1ccc(Cl)cc1NC(=O)CN1C(=O)C(=O)c2ccccc21. The van der Waals surface area contributed by atoms with Crippen LogP contribution in [-0.2, 0) is 9.59 Å². The molecule has 3 rings (SSSR count). The molecule has 2 aromatic carbocycles. The Kier molecular flexibility index (Phi) is 4.02.